The fourth-order valence-corrected chi connectivity index (χ4v) is 3.14. The Morgan fingerprint density at radius 2 is 1.74 bits per heavy atom. The molecular weight excluding hydrogens is 414 g/mol. The lowest BCUT2D eigenvalue weighted by Crippen LogP contribution is -2.05. The van der Waals surface area contributed by atoms with E-state index in [-0.39, 0.29) is 5.70 Å². The summed E-state index contributed by atoms with van der Waals surface area (Å²) in [5.41, 5.74) is 2.73. The molecule has 3 aromatic rings. The minimum absolute atomic E-state index is 0.233. The van der Waals surface area contributed by atoms with E-state index in [4.69, 9.17) is 25.8 Å². The summed E-state index contributed by atoms with van der Waals surface area (Å²) in [6.45, 7) is 2.77. The predicted octanol–water partition coefficient (Wildman–Crippen LogP) is 5.66. The summed E-state index contributed by atoms with van der Waals surface area (Å²) in [4.78, 5) is 16.6. The summed E-state index contributed by atoms with van der Waals surface area (Å²) in [6.07, 6.45) is 1.67. The predicted molar refractivity (Wildman–Crippen MR) is 120 cm³/mol. The van der Waals surface area contributed by atoms with Crippen LogP contribution in [0.25, 0.3) is 6.08 Å². The van der Waals surface area contributed by atoms with Crippen LogP contribution in [0, 0.1) is 0 Å². The van der Waals surface area contributed by atoms with Crippen LogP contribution in [0.2, 0.25) is 5.02 Å². The van der Waals surface area contributed by atoms with Gasteiger partial charge in [-0.05, 0) is 60.5 Å². The van der Waals surface area contributed by atoms with Crippen molar-refractivity contribution in [2.24, 2.45) is 4.99 Å². The number of rotatable bonds is 7. The van der Waals surface area contributed by atoms with Crippen LogP contribution in [0.5, 0.6) is 11.5 Å². The van der Waals surface area contributed by atoms with Gasteiger partial charge in [-0.2, -0.15) is 0 Å². The number of cyclic esters (lactones) is 1. The molecule has 0 aromatic heterocycles. The Bertz CT molecular complexity index is 1140. The molecular formula is C25H20ClNO4. The van der Waals surface area contributed by atoms with E-state index < -0.39 is 5.97 Å². The second-order valence-corrected chi connectivity index (χ2v) is 7.19. The lowest BCUT2D eigenvalue weighted by molar-refractivity contribution is -0.129. The highest BCUT2D eigenvalue weighted by Gasteiger charge is 2.24. The smallest absolute Gasteiger partial charge is 0.363 e. The van der Waals surface area contributed by atoms with Crippen LogP contribution in [0.4, 0.5) is 0 Å². The first-order valence-electron chi connectivity index (χ1n) is 9.84. The van der Waals surface area contributed by atoms with Crippen LogP contribution in [-0.2, 0) is 16.1 Å². The third-order valence-corrected chi connectivity index (χ3v) is 4.77. The summed E-state index contributed by atoms with van der Waals surface area (Å²) in [5.74, 6) is 1.01. The van der Waals surface area contributed by atoms with E-state index in [9.17, 15) is 4.79 Å². The maximum absolute atomic E-state index is 12.3. The maximum Gasteiger partial charge on any atom is 0.363 e. The van der Waals surface area contributed by atoms with Gasteiger partial charge in [0.1, 0.15) is 6.61 Å². The largest absolute Gasteiger partial charge is 0.490 e. The molecule has 0 bridgehead atoms. The third kappa shape index (κ3) is 5.13. The molecule has 0 spiro atoms. The van der Waals surface area contributed by atoms with Crippen LogP contribution >= 0.6 is 11.6 Å². The number of carbonyl (C=O) groups excluding carboxylic acids is 1. The Balaban J connectivity index is 1.55. The average molecular weight is 434 g/mol. The van der Waals surface area contributed by atoms with Gasteiger partial charge < -0.3 is 14.2 Å². The Hall–Kier alpha value is -3.57. The Morgan fingerprint density at radius 3 is 2.48 bits per heavy atom. The monoisotopic (exact) mass is 433 g/mol. The van der Waals surface area contributed by atoms with Crippen LogP contribution in [0.1, 0.15) is 23.6 Å². The summed E-state index contributed by atoms with van der Waals surface area (Å²) < 4.78 is 17.0. The molecule has 0 amide bonds. The lowest BCUT2D eigenvalue weighted by atomic mass is 10.1. The number of carbonyl (C=O) groups is 1. The van der Waals surface area contributed by atoms with Gasteiger partial charge in [-0.3, -0.25) is 0 Å². The van der Waals surface area contributed by atoms with Crippen molar-refractivity contribution >= 4 is 29.5 Å². The van der Waals surface area contributed by atoms with Gasteiger partial charge in [-0.15, -0.1) is 0 Å². The van der Waals surface area contributed by atoms with Crippen molar-refractivity contribution in [2.75, 3.05) is 6.61 Å². The fourth-order valence-electron chi connectivity index (χ4n) is 3.01. The number of hydrogen-bond donors (Lipinski definition) is 0. The number of hydrogen-bond acceptors (Lipinski definition) is 5. The molecule has 0 atom stereocenters. The molecule has 31 heavy (non-hydrogen) atoms. The molecule has 1 heterocycles. The molecule has 1 aliphatic rings. The number of halogens is 1. The molecule has 0 fully saturated rings. The van der Waals surface area contributed by atoms with Gasteiger partial charge in [0.25, 0.3) is 0 Å². The second kappa shape index (κ2) is 9.49. The first-order valence-corrected chi connectivity index (χ1v) is 10.2. The van der Waals surface area contributed by atoms with Crippen molar-refractivity contribution < 1.29 is 19.0 Å². The number of esters is 1. The van der Waals surface area contributed by atoms with Crippen molar-refractivity contribution in [3.63, 3.8) is 0 Å². The quantitative estimate of drug-likeness (QED) is 0.356. The number of benzene rings is 3. The SMILES string of the molecule is CCOc1cc(C=C2N=C(c3ccccc3)OC2=O)ccc1OCc1ccc(Cl)cc1. The molecule has 5 nitrogen and oxygen atoms in total. The zero-order chi connectivity index (χ0) is 21.6. The van der Waals surface area contributed by atoms with Crippen LogP contribution in [0.3, 0.4) is 0 Å². The molecule has 0 saturated carbocycles. The summed E-state index contributed by atoms with van der Waals surface area (Å²) in [6, 6.07) is 22.3. The van der Waals surface area contributed by atoms with E-state index in [0.717, 1.165) is 16.7 Å². The molecule has 0 saturated heterocycles. The van der Waals surface area contributed by atoms with Gasteiger partial charge in [0, 0.05) is 10.6 Å². The Kier molecular flexibility index (Phi) is 6.34. The molecule has 0 unspecified atom stereocenters. The van der Waals surface area contributed by atoms with Crippen molar-refractivity contribution in [1.82, 2.24) is 0 Å². The highest BCUT2D eigenvalue weighted by molar-refractivity contribution is 6.30. The van der Waals surface area contributed by atoms with E-state index in [1.54, 1.807) is 6.08 Å². The standard InChI is InChI=1S/C25H20ClNO4/c1-2-29-23-15-18(10-13-22(23)30-16-17-8-11-20(26)12-9-17)14-21-25(28)31-24(27-21)19-6-4-3-5-7-19/h3-15H,2,16H2,1H3. The molecule has 0 radical (unpaired) electrons. The van der Waals surface area contributed by atoms with Crippen LogP contribution < -0.4 is 9.47 Å². The summed E-state index contributed by atoms with van der Waals surface area (Å²) >= 11 is 5.93. The maximum atomic E-state index is 12.3. The molecule has 0 aliphatic carbocycles. The fraction of sp³-hybridized carbons (Fsp3) is 0.120. The van der Waals surface area contributed by atoms with Crippen LogP contribution in [-0.4, -0.2) is 18.5 Å². The zero-order valence-electron chi connectivity index (χ0n) is 16.9. The van der Waals surface area contributed by atoms with E-state index >= 15 is 0 Å². The minimum Gasteiger partial charge on any atom is -0.490 e. The minimum atomic E-state index is -0.486. The zero-order valence-corrected chi connectivity index (χ0v) is 17.6. The highest BCUT2D eigenvalue weighted by Crippen LogP contribution is 2.31. The van der Waals surface area contributed by atoms with E-state index in [1.807, 2.05) is 79.7 Å². The van der Waals surface area contributed by atoms with Gasteiger partial charge in [-0.1, -0.05) is 48.0 Å². The third-order valence-electron chi connectivity index (χ3n) is 4.52. The van der Waals surface area contributed by atoms with E-state index in [0.29, 0.717) is 35.6 Å². The Morgan fingerprint density at radius 1 is 0.968 bits per heavy atom. The first-order chi connectivity index (χ1) is 15.1. The lowest BCUT2D eigenvalue weighted by Gasteiger charge is -2.13. The average Bonchev–Trinajstić information content (AvgIpc) is 3.15. The van der Waals surface area contributed by atoms with Gasteiger partial charge in [0.05, 0.1) is 6.61 Å². The Labute approximate surface area is 185 Å². The van der Waals surface area contributed by atoms with Crippen LogP contribution in [0.15, 0.2) is 83.5 Å². The van der Waals surface area contributed by atoms with Gasteiger partial charge in [-0.25, -0.2) is 9.79 Å². The number of ether oxygens (including phenoxy) is 3. The molecule has 4 rings (SSSR count). The van der Waals surface area contributed by atoms with Gasteiger partial charge >= 0.3 is 5.97 Å². The van der Waals surface area contributed by atoms with E-state index in [2.05, 4.69) is 4.99 Å². The van der Waals surface area contributed by atoms with E-state index in [1.165, 1.54) is 0 Å². The normalized spacial score (nSPS) is 14.3. The van der Waals surface area contributed by atoms with Crippen molar-refractivity contribution in [2.45, 2.75) is 13.5 Å². The van der Waals surface area contributed by atoms with Gasteiger partial charge in [0.2, 0.25) is 5.90 Å². The highest BCUT2D eigenvalue weighted by atomic mass is 35.5. The topological polar surface area (TPSA) is 57.1 Å². The molecule has 3 aromatic carbocycles. The number of nitrogens with zero attached hydrogens (tertiary/aromatic N) is 1. The molecule has 0 N–H and O–H groups in total. The summed E-state index contributed by atoms with van der Waals surface area (Å²) in [5, 5.41) is 0.680. The molecule has 6 heteroatoms. The number of aliphatic imine (C=N–C) groups is 1. The molecule has 1 aliphatic heterocycles. The van der Waals surface area contributed by atoms with Crippen molar-refractivity contribution in [3.8, 4) is 11.5 Å². The van der Waals surface area contributed by atoms with Gasteiger partial charge in [0.15, 0.2) is 17.2 Å². The van der Waals surface area contributed by atoms with Crippen molar-refractivity contribution in [1.29, 1.82) is 0 Å². The first kappa shape index (κ1) is 20.7. The molecule has 156 valence electrons. The second-order valence-electron chi connectivity index (χ2n) is 6.76. The van der Waals surface area contributed by atoms with Crippen molar-refractivity contribution in [3.05, 3.63) is 100 Å². The summed E-state index contributed by atoms with van der Waals surface area (Å²) in [7, 11) is 0.